The van der Waals surface area contributed by atoms with Gasteiger partial charge in [-0.1, -0.05) is 19.3 Å². The third-order valence-corrected chi connectivity index (χ3v) is 4.79. The number of hydrogen-bond acceptors (Lipinski definition) is 3. The molecule has 1 aliphatic heterocycles. The fraction of sp³-hybridized carbons (Fsp3) is 1.00. The monoisotopic (exact) mass is 243 g/mol. The molecule has 1 saturated carbocycles. The van der Waals surface area contributed by atoms with E-state index in [2.05, 4.69) is 17.5 Å². The van der Waals surface area contributed by atoms with E-state index in [1.807, 2.05) is 0 Å². The van der Waals surface area contributed by atoms with Gasteiger partial charge in [0.1, 0.15) is 0 Å². The lowest BCUT2D eigenvalue weighted by Gasteiger charge is -2.40. The van der Waals surface area contributed by atoms with E-state index in [1.54, 1.807) is 0 Å². The van der Waals surface area contributed by atoms with E-state index in [0.29, 0.717) is 5.41 Å². The van der Waals surface area contributed by atoms with Crippen molar-refractivity contribution in [1.29, 1.82) is 0 Å². The quantitative estimate of drug-likeness (QED) is 0.765. The van der Waals surface area contributed by atoms with E-state index in [-0.39, 0.29) is 0 Å². The summed E-state index contributed by atoms with van der Waals surface area (Å²) >= 11 is 4.62. The molecule has 0 aromatic rings. The van der Waals surface area contributed by atoms with Crippen molar-refractivity contribution in [2.75, 3.05) is 38.6 Å². The third-order valence-electron chi connectivity index (χ3n) is 4.12. The average molecular weight is 243 g/mol. The molecule has 0 amide bonds. The van der Waals surface area contributed by atoms with Gasteiger partial charge in [-0.3, -0.25) is 0 Å². The highest BCUT2D eigenvalue weighted by Crippen LogP contribution is 2.38. The topological polar surface area (TPSA) is 12.5 Å². The molecule has 0 aromatic carbocycles. The maximum absolute atomic E-state index is 5.52. The smallest absolute Gasteiger partial charge is 0.0593 e. The van der Waals surface area contributed by atoms with Crippen molar-refractivity contribution >= 4 is 12.6 Å². The van der Waals surface area contributed by atoms with Crippen LogP contribution < -0.4 is 0 Å². The molecule has 3 heteroatoms. The van der Waals surface area contributed by atoms with Crippen molar-refractivity contribution < 1.29 is 4.74 Å². The molecule has 2 fully saturated rings. The van der Waals surface area contributed by atoms with E-state index in [9.17, 15) is 0 Å². The van der Waals surface area contributed by atoms with Crippen LogP contribution in [0.4, 0.5) is 0 Å². The number of thiol groups is 1. The number of hydrogen-bond donors (Lipinski definition) is 1. The Kier molecular flexibility index (Phi) is 4.98. The zero-order chi connectivity index (χ0) is 11.3. The lowest BCUT2D eigenvalue weighted by Crippen LogP contribution is -2.41. The summed E-state index contributed by atoms with van der Waals surface area (Å²) in [6.07, 6.45) is 8.21. The first-order valence-electron chi connectivity index (χ1n) is 6.76. The van der Waals surface area contributed by atoms with Crippen LogP contribution in [-0.4, -0.2) is 43.5 Å². The summed E-state index contributed by atoms with van der Waals surface area (Å²) in [6, 6.07) is 0. The van der Waals surface area contributed by atoms with Crippen LogP contribution in [0, 0.1) is 5.41 Å². The lowest BCUT2D eigenvalue weighted by molar-refractivity contribution is 0.110. The molecule has 2 rings (SSSR count). The number of ether oxygens (including phenoxy) is 1. The zero-order valence-electron chi connectivity index (χ0n) is 10.3. The molecule has 0 spiro atoms. The Morgan fingerprint density at radius 2 is 1.81 bits per heavy atom. The van der Waals surface area contributed by atoms with Gasteiger partial charge in [0, 0.05) is 26.2 Å². The molecule has 2 aliphatic rings. The van der Waals surface area contributed by atoms with Crippen LogP contribution in [0.2, 0.25) is 0 Å². The molecule has 2 nitrogen and oxygen atoms in total. The normalized spacial score (nSPS) is 27.6. The first-order chi connectivity index (χ1) is 7.85. The Bertz CT molecular complexity index is 196. The summed E-state index contributed by atoms with van der Waals surface area (Å²) in [5.74, 6) is 1.06. The van der Waals surface area contributed by atoms with Crippen molar-refractivity contribution in [2.45, 2.75) is 38.5 Å². The van der Waals surface area contributed by atoms with Crippen molar-refractivity contribution in [2.24, 2.45) is 5.41 Å². The minimum Gasteiger partial charge on any atom is -0.380 e. The van der Waals surface area contributed by atoms with Crippen molar-refractivity contribution in [3.8, 4) is 0 Å². The first kappa shape index (κ1) is 12.7. The van der Waals surface area contributed by atoms with Crippen molar-refractivity contribution in [3.63, 3.8) is 0 Å². The Morgan fingerprint density at radius 3 is 2.56 bits per heavy atom. The third kappa shape index (κ3) is 3.38. The van der Waals surface area contributed by atoms with Gasteiger partial charge in [0.2, 0.25) is 0 Å². The maximum atomic E-state index is 5.52. The second kappa shape index (κ2) is 6.27. The predicted molar refractivity (Wildman–Crippen MR) is 71.2 cm³/mol. The van der Waals surface area contributed by atoms with Gasteiger partial charge >= 0.3 is 0 Å². The van der Waals surface area contributed by atoms with Crippen LogP contribution in [0.3, 0.4) is 0 Å². The van der Waals surface area contributed by atoms with Crippen LogP contribution in [0.25, 0.3) is 0 Å². The number of nitrogens with zero attached hydrogens (tertiary/aromatic N) is 1. The fourth-order valence-electron chi connectivity index (χ4n) is 3.10. The average Bonchev–Trinajstić information content (AvgIpc) is 2.59. The second-order valence-electron chi connectivity index (χ2n) is 5.46. The molecule has 0 bridgehead atoms. The summed E-state index contributed by atoms with van der Waals surface area (Å²) in [6.45, 7) is 5.46. The van der Waals surface area contributed by atoms with Gasteiger partial charge in [0.05, 0.1) is 6.61 Å². The second-order valence-corrected chi connectivity index (χ2v) is 5.78. The summed E-state index contributed by atoms with van der Waals surface area (Å²) in [4.78, 5) is 2.61. The lowest BCUT2D eigenvalue weighted by atomic mass is 9.75. The highest BCUT2D eigenvalue weighted by atomic mass is 32.1. The largest absolute Gasteiger partial charge is 0.380 e. The van der Waals surface area contributed by atoms with E-state index < -0.39 is 0 Å². The Balaban J connectivity index is 1.88. The molecule has 16 heavy (non-hydrogen) atoms. The van der Waals surface area contributed by atoms with Crippen LogP contribution in [0.15, 0.2) is 0 Å². The Hall–Kier alpha value is 0.270. The summed E-state index contributed by atoms with van der Waals surface area (Å²) in [5.41, 5.74) is 0.506. The van der Waals surface area contributed by atoms with Crippen LogP contribution >= 0.6 is 12.6 Å². The van der Waals surface area contributed by atoms with Gasteiger partial charge in [-0.15, -0.1) is 0 Å². The summed E-state index contributed by atoms with van der Waals surface area (Å²) in [5, 5.41) is 0. The van der Waals surface area contributed by atoms with E-state index in [1.165, 1.54) is 51.6 Å². The minimum absolute atomic E-state index is 0.506. The molecule has 1 aliphatic carbocycles. The van der Waals surface area contributed by atoms with Gasteiger partial charge in [0.25, 0.3) is 0 Å². The molecule has 0 atom stereocenters. The van der Waals surface area contributed by atoms with Gasteiger partial charge in [-0.25, -0.2) is 0 Å². The minimum atomic E-state index is 0.506. The number of rotatable bonds is 3. The molecular weight excluding hydrogens is 218 g/mol. The maximum Gasteiger partial charge on any atom is 0.0593 e. The first-order valence-corrected chi connectivity index (χ1v) is 7.39. The highest BCUT2D eigenvalue weighted by molar-refractivity contribution is 7.80. The van der Waals surface area contributed by atoms with Gasteiger partial charge in [-0.05, 0) is 30.4 Å². The molecule has 0 aromatic heterocycles. The molecule has 0 radical (unpaired) electrons. The SMILES string of the molecule is SCC1(CN2CCCOCC2)CCCCC1. The Labute approximate surface area is 105 Å². The predicted octanol–water partition coefficient (Wildman–Crippen LogP) is 2.59. The van der Waals surface area contributed by atoms with Crippen LogP contribution in [0.1, 0.15) is 38.5 Å². The standard InChI is InChI=1S/C13H25NOS/c16-12-13(5-2-1-3-6-13)11-14-7-4-9-15-10-8-14/h16H,1-12H2. The molecule has 0 N–H and O–H groups in total. The Morgan fingerprint density at radius 1 is 1.00 bits per heavy atom. The van der Waals surface area contributed by atoms with Crippen LogP contribution in [-0.2, 0) is 4.74 Å². The van der Waals surface area contributed by atoms with Gasteiger partial charge in [0.15, 0.2) is 0 Å². The van der Waals surface area contributed by atoms with Gasteiger partial charge < -0.3 is 9.64 Å². The van der Waals surface area contributed by atoms with E-state index in [0.717, 1.165) is 25.5 Å². The van der Waals surface area contributed by atoms with Crippen molar-refractivity contribution in [1.82, 2.24) is 4.90 Å². The molecule has 1 heterocycles. The van der Waals surface area contributed by atoms with Crippen molar-refractivity contribution in [3.05, 3.63) is 0 Å². The van der Waals surface area contributed by atoms with E-state index >= 15 is 0 Å². The molecule has 0 unspecified atom stereocenters. The molecular formula is C13H25NOS. The van der Waals surface area contributed by atoms with Crippen LogP contribution in [0.5, 0.6) is 0 Å². The molecule has 94 valence electrons. The van der Waals surface area contributed by atoms with E-state index in [4.69, 9.17) is 4.74 Å². The fourth-order valence-corrected chi connectivity index (χ4v) is 3.51. The zero-order valence-corrected chi connectivity index (χ0v) is 11.2. The van der Waals surface area contributed by atoms with Gasteiger partial charge in [-0.2, -0.15) is 12.6 Å². The highest BCUT2D eigenvalue weighted by Gasteiger charge is 2.32. The molecule has 1 saturated heterocycles. The summed E-state index contributed by atoms with van der Waals surface area (Å²) in [7, 11) is 0. The summed E-state index contributed by atoms with van der Waals surface area (Å²) < 4.78 is 5.52.